The van der Waals surface area contributed by atoms with Crippen molar-refractivity contribution in [1.29, 1.82) is 0 Å². The van der Waals surface area contributed by atoms with Crippen molar-refractivity contribution in [3.8, 4) is 0 Å². The molecule has 5 nitrogen and oxygen atoms in total. The van der Waals surface area contributed by atoms with Gasteiger partial charge in [-0.15, -0.1) is 0 Å². The molecule has 6 heteroatoms. The molecule has 0 unspecified atom stereocenters. The van der Waals surface area contributed by atoms with E-state index in [0.717, 1.165) is 5.56 Å². The maximum atomic E-state index is 11.8. The summed E-state index contributed by atoms with van der Waals surface area (Å²) in [7, 11) is 0. The van der Waals surface area contributed by atoms with Crippen LogP contribution in [0.4, 0.5) is 0 Å². The molecule has 1 amide bonds. The van der Waals surface area contributed by atoms with Gasteiger partial charge in [0.25, 0.3) is 0 Å². The summed E-state index contributed by atoms with van der Waals surface area (Å²) in [5.41, 5.74) is 0.860. The zero-order valence-electron chi connectivity index (χ0n) is 12.3. The van der Waals surface area contributed by atoms with Crippen LogP contribution in [-0.4, -0.2) is 41.0 Å². The fourth-order valence-corrected chi connectivity index (χ4v) is 2.07. The minimum atomic E-state index is -0.889. The van der Waals surface area contributed by atoms with E-state index in [9.17, 15) is 9.59 Å². The molecule has 1 aromatic carbocycles. The van der Waals surface area contributed by atoms with Crippen LogP contribution in [0.1, 0.15) is 25.8 Å². The lowest BCUT2D eigenvalue weighted by molar-refractivity contribution is -0.139. The Morgan fingerprint density at radius 1 is 1.33 bits per heavy atom. The third-order valence-electron chi connectivity index (χ3n) is 3.13. The first kappa shape index (κ1) is 17.5. The van der Waals surface area contributed by atoms with Crippen LogP contribution in [-0.2, 0) is 16.1 Å². The molecular formula is C15H21ClN2O3. The standard InChI is InChI=1S/C15H21ClN2O3/c1-11(2)18(10-15(20)21)8-7-14(19)17-9-12-5-3-4-6-13(12)16/h3-6,11H,7-10H2,1-2H3,(H,17,19)(H,20,21). The van der Waals surface area contributed by atoms with E-state index in [4.69, 9.17) is 16.7 Å². The Morgan fingerprint density at radius 3 is 2.57 bits per heavy atom. The summed E-state index contributed by atoms with van der Waals surface area (Å²) in [5, 5.41) is 12.2. The SMILES string of the molecule is CC(C)N(CCC(=O)NCc1ccccc1Cl)CC(=O)O. The Morgan fingerprint density at radius 2 is 2.00 bits per heavy atom. The number of rotatable bonds is 8. The molecule has 0 aliphatic heterocycles. The van der Waals surface area contributed by atoms with Crippen LogP contribution in [0.2, 0.25) is 5.02 Å². The molecule has 0 aliphatic carbocycles. The minimum absolute atomic E-state index is 0.0601. The monoisotopic (exact) mass is 312 g/mol. The first-order chi connectivity index (χ1) is 9.90. The summed E-state index contributed by atoms with van der Waals surface area (Å²) in [5.74, 6) is -1.01. The summed E-state index contributed by atoms with van der Waals surface area (Å²) in [6, 6.07) is 7.41. The Balaban J connectivity index is 2.39. The van der Waals surface area contributed by atoms with Crippen LogP contribution in [0.15, 0.2) is 24.3 Å². The topological polar surface area (TPSA) is 69.6 Å². The molecule has 21 heavy (non-hydrogen) atoms. The van der Waals surface area contributed by atoms with Gasteiger partial charge in [-0.05, 0) is 25.5 Å². The lowest BCUT2D eigenvalue weighted by Gasteiger charge is -2.24. The van der Waals surface area contributed by atoms with Crippen molar-refractivity contribution < 1.29 is 14.7 Å². The molecule has 1 rings (SSSR count). The molecule has 116 valence electrons. The van der Waals surface area contributed by atoms with Gasteiger partial charge in [0.1, 0.15) is 0 Å². The summed E-state index contributed by atoms with van der Waals surface area (Å²) >= 11 is 6.01. The van der Waals surface area contributed by atoms with Crippen LogP contribution in [0.5, 0.6) is 0 Å². The second-order valence-electron chi connectivity index (χ2n) is 5.08. The number of aliphatic carboxylic acids is 1. The van der Waals surface area contributed by atoms with Gasteiger partial charge in [0.15, 0.2) is 0 Å². The third-order valence-corrected chi connectivity index (χ3v) is 3.50. The Labute approximate surface area is 129 Å². The third kappa shape index (κ3) is 6.60. The van der Waals surface area contributed by atoms with Crippen molar-refractivity contribution in [2.24, 2.45) is 0 Å². The van der Waals surface area contributed by atoms with Crippen LogP contribution < -0.4 is 5.32 Å². The van der Waals surface area contributed by atoms with Gasteiger partial charge in [0.05, 0.1) is 6.54 Å². The molecule has 0 radical (unpaired) electrons. The Hall–Kier alpha value is -1.59. The van der Waals surface area contributed by atoms with Crippen molar-refractivity contribution in [3.63, 3.8) is 0 Å². The van der Waals surface area contributed by atoms with Crippen molar-refractivity contribution >= 4 is 23.5 Å². The smallest absolute Gasteiger partial charge is 0.317 e. The number of hydrogen-bond acceptors (Lipinski definition) is 3. The van der Waals surface area contributed by atoms with Crippen molar-refractivity contribution in [2.75, 3.05) is 13.1 Å². The van der Waals surface area contributed by atoms with Crippen molar-refractivity contribution in [2.45, 2.75) is 32.9 Å². The molecule has 0 aromatic heterocycles. The quantitative estimate of drug-likeness (QED) is 0.771. The first-order valence-corrected chi connectivity index (χ1v) is 7.24. The van der Waals surface area contributed by atoms with E-state index < -0.39 is 5.97 Å². The summed E-state index contributed by atoms with van der Waals surface area (Å²) < 4.78 is 0. The number of nitrogens with zero attached hydrogens (tertiary/aromatic N) is 1. The van der Waals surface area contributed by atoms with Crippen LogP contribution in [0.3, 0.4) is 0 Å². The highest BCUT2D eigenvalue weighted by Gasteiger charge is 2.14. The molecule has 0 saturated heterocycles. The van der Waals surface area contributed by atoms with E-state index in [1.165, 1.54) is 0 Å². The van der Waals surface area contributed by atoms with Gasteiger partial charge < -0.3 is 10.4 Å². The van der Waals surface area contributed by atoms with Gasteiger partial charge >= 0.3 is 5.97 Å². The molecule has 0 heterocycles. The van der Waals surface area contributed by atoms with E-state index >= 15 is 0 Å². The zero-order valence-corrected chi connectivity index (χ0v) is 13.1. The second-order valence-corrected chi connectivity index (χ2v) is 5.48. The average Bonchev–Trinajstić information content (AvgIpc) is 2.41. The lowest BCUT2D eigenvalue weighted by Crippen LogP contribution is -2.38. The molecule has 0 fully saturated rings. The summed E-state index contributed by atoms with van der Waals surface area (Å²) in [4.78, 5) is 24.3. The second kappa shape index (κ2) is 8.64. The van der Waals surface area contributed by atoms with Crippen LogP contribution >= 0.6 is 11.6 Å². The minimum Gasteiger partial charge on any atom is -0.480 e. The van der Waals surface area contributed by atoms with Crippen molar-refractivity contribution in [1.82, 2.24) is 10.2 Å². The average molecular weight is 313 g/mol. The molecule has 0 aliphatic rings. The largest absolute Gasteiger partial charge is 0.480 e. The van der Waals surface area contributed by atoms with Gasteiger partial charge in [0.2, 0.25) is 5.91 Å². The summed E-state index contributed by atoms with van der Waals surface area (Å²) in [6.45, 7) is 4.54. The number of carboxylic acid groups (broad SMARTS) is 1. The van der Waals surface area contributed by atoms with Gasteiger partial charge in [-0.1, -0.05) is 29.8 Å². The van der Waals surface area contributed by atoms with Gasteiger partial charge in [-0.2, -0.15) is 0 Å². The Bertz CT molecular complexity index is 492. The fraction of sp³-hybridized carbons (Fsp3) is 0.467. The highest BCUT2D eigenvalue weighted by atomic mass is 35.5. The normalized spacial score (nSPS) is 10.9. The highest BCUT2D eigenvalue weighted by Crippen LogP contribution is 2.14. The lowest BCUT2D eigenvalue weighted by atomic mass is 10.2. The van der Waals surface area contributed by atoms with E-state index in [0.29, 0.717) is 18.1 Å². The number of nitrogens with one attached hydrogen (secondary N) is 1. The molecule has 1 aromatic rings. The maximum Gasteiger partial charge on any atom is 0.317 e. The van der Waals surface area contributed by atoms with E-state index in [1.807, 2.05) is 32.0 Å². The molecule has 0 spiro atoms. The molecule has 0 atom stereocenters. The molecule has 0 bridgehead atoms. The van der Waals surface area contributed by atoms with Gasteiger partial charge in [0, 0.05) is 30.6 Å². The zero-order chi connectivity index (χ0) is 15.8. The molecule has 0 saturated carbocycles. The number of amides is 1. The van der Waals surface area contributed by atoms with E-state index in [2.05, 4.69) is 5.32 Å². The Kier molecular flexibility index (Phi) is 7.19. The van der Waals surface area contributed by atoms with Gasteiger partial charge in [-0.25, -0.2) is 0 Å². The highest BCUT2D eigenvalue weighted by molar-refractivity contribution is 6.31. The first-order valence-electron chi connectivity index (χ1n) is 6.86. The predicted octanol–water partition coefficient (Wildman–Crippen LogP) is 2.14. The van der Waals surface area contributed by atoms with Crippen molar-refractivity contribution in [3.05, 3.63) is 34.9 Å². The fourth-order valence-electron chi connectivity index (χ4n) is 1.86. The van der Waals surface area contributed by atoms with Crippen LogP contribution in [0, 0.1) is 0 Å². The number of hydrogen-bond donors (Lipinski definition) is 2. The molecular weight excluding hydrogens is 292 g/mol. The maximum absolute atomic E-state index is 11.8. The summed E-state index contributed by atoms with van der Waals surface area (Å²) in [6.07, 6.45) is 0.260. The predicted molar refractivity (Wildman–Crippen MR) is 82.3 cm³/mol. The number of carbonyl (C=O) groups excluding carboxylic acids is 1. The van der Waals surface area contributed by atoms with E-state index in [1.54, 1.807) is 11.0 Å². The molecule has 2 N–H and O–H groups in total. The van der Waals surface area contributed by atoms with E-state index in [-0.39, 0.29) is 24.9 Å². The van der Waals surface area contributed by atoms with Gasteiger partial charge in [-0.3, -0.25) is 14.5 Å². The number of carbonyl (C=O) groups is 2. The number of benzene rings is 1. The van der Waals surface area contributed by atoms with Crippen LogP contribution in [0.25, 0.3) is 0 Å². The number of carboxylic acids is 1. The number of halogens is 1.